The molecule has 72 valence electrons. The molecular weight excluding hydrogens is 212 g/mol. The maximum atomic E-state index is 4.48. The molecule has 0 aliphatic heterocycles. The first kappa shape index (κ1) is 9.68. The van der Waals surface area contributed by atoms with Crippen LogP contribution in [-0.2, 0) is 5.75 Å². The lowest BCUT2D eigenvalue weighted by atomic mass is 10.3. The normalized spacial score (nSPS) is 10.4. The van der Waals surface area contributed by atoms with Crippen molar-refractivity contribution >= 4 is 24.0 Å². The van der Waals surface area contributed by atoms with Gasteiger partial charge >= 0.3 is 0 Å². The van der Waals surface area contributed by atoms with Crippen LogP contribution in [0.4, 0.5) is 0 Å². The predicted octanol–water partition coefficient (Wildman–Crippen LogP) is 2.94. The largest absolute Gasteiger partial charge is 0.264 e. The van der Waals surface area contributed by atoms with Gasteiger partial charge < -0.3 is 0 Å². The van der Waals surface area contributed by atoms with Gasteiger partial charge in [-0.2, -0.15) is 12.6 Å². The lowest BCUT2D eigenvalue weighted by Gasteiger charge is -1.91. The fraction of sp³-hybridized carbons (Fsp3) is 0.200. The number of aromatic nitrogens is 2. The summed E-state index contributed by atoms with van der Waals surface area (Å²) in [5.74, 6) is 0.754. The number of pyridine rings is 1. The standard InChI is InChI=1S/C10H10N2S2/c1-7-9(6-13)14-10(12-7)8-3-2-4-11-5-8/h2-5,13H,6H2,1H3. The Kier molecular flexibility index (Phi) is 2.84. The van der Waals surface area contributed by atoms with Gasteiger partial charge in [-0.1, -0.05) is 0 Å². The third kappa shape index (κ3) is 1.81. The molecule has 0 fully saturated rings. The zero-order valence-electron chi connectivity index (χ0n) is 7.77. The van der Waals surface area contributed by atoms with Crippen molar-refractivity contribution in [2.24, 2.45) is 0 Å². The Hall–Kier alpha value is -0.870. The van der Waals surface area contributed by atoms with Crippen LogP contribution in [0.5, 0.6) is 0 Å². The van der Waals surface area contributed by atoms with Crippen LogP contribution in [0.3, 0.4) is 0 Å². The lowest BCUT2D eigenvalue weighted by molar-refractivity contribution is 1.22. The molecule has 0 saturated carbocycles. The zero-order valence-corrected chi connectivity index (χ0v) is 9.48. The maximum absolute atomic E-state index is 4.48. The summed E-state index contributed by atoms with van der Waals surface area (Å²) >= 11 is 5.95. The Bertz CT molecular complexity index is 423. The second-order valence-corrected chi connectivity index (χ2v) is 4.33. The van der Waals surface area contributed by atoms with E-state index in [1.807, 2.05) is 25.3 Å². The number of hydrogen-bond acceptors (Lipinski definition) is 4. The molecule has 2 heterocycles. The van der Waals surface area contributed by atoms with Crippen molar-refractivity contribution in [3.8, 4) is 10.6 Å². The average Bonchev–Trinajstić information content (AvgIpc) is 2.61. The van der Waals surface area contributed by atoms with Gasteiger partial charge in [0.25, 0.3) is 0 Å². The van der Waals surface area contributed by atoms with Gasteiger partial charge in [0.15, 0.2) is 0 Å². The Labute approximate surface area is 92.5 Å². The number of rotatable bonds is 2. The second-order valence-electron chi connectivity index (χ2n) is 2.93. The van der Waals surface area contributed by atoms with E-state index in [9.17, 15) is 0 Å². The van der Waals surface area contributed by atoms with Crippen molar-refractivity contribution in [1.29, 1.82) is 0 Å². The van der Waals surface area contributed by atoms with Crippen molar-refractivity contribution in [2.45, 2.75) is 12.7 Å². The monoisotopic (exact) mass is 222 g/mol. The first-order chi connectivity index (χ1) is 6.81. The van der Waals surface area contributed by atoms with Crippen LogP contribution in [-0.4, -0.2) is 9.97 Å². The maximum Gasteiger partial charge on any atom is 0.125 e. The molecule has 0 amide bonds. The first-order valence-corrected chi connectivity index (χ1v) is 5.73. The van der Waals surface area contributed by atoms with Crippen molar-refractivity contribution < 1.29 is 0 Å². The highest BCUT2D eigenvalue weighted by Crippen LogP contribution is 2.27. The van der Waals surface area contributed by atoms with E-state index < -0.39 is 0 Å². The summed E-state index contributed by atoms with van der Waals surface area (Å²) in [5.41, 5.74) is 2.15. The predicted molar refractivity (Wildman–Crippen MR) is 62.8 cm³/mol. The van der Waals surface area contributed by atoms with E-state index in [-0.39, 0.29) is 0 Å². The minimum Gasteiger partial charge on any atom is -0.264 e. The summed E-state index contributed by atoms with van der Waals surface area (Å²) < 4.78 is 0. The Morgan fingerprint density at radius 2 is 2.36 bits per heavy atom. The number of hydrogen-bond donors (Lipinski definition) is 1. The summed E-state index contributed by atoms with van der Waals surface area (Å²) in [4.78, 5) is 9.78. The molecule has 0 bridgehead atoms. The highest BCUT2D eigenvalue weighted by molar-refractivity contribution is 7.79. The molecule has 0 unspecified atom stereocenters. The molecule has 2 nitrogen and oxygen atoms in total. The van der Waals surface area contributed by atoms with E-state index in [4.69, 9.17) is 0 Å². The molecule has 0 aliphatic rings. The molecule has 14 heavy (non-hydrogen) atoms. The number of thiazole rings is 1. The van der Waals surface area contributed by atoms with Gasteiger partial charge in [0, 0.05) is 28.6 Å². The summed E-state index contributed by atoms with van der Waals surface area (Å²) in [6, 6.07) is 3.94. The van der Waals surface area contributed by atoms with Crippen LogP contribution in [0.1, 0.15) is 10.6 Å². The van der Waals surface area contributed by atoms with Gasteiger partial charge in [-0.25, -0.2) is 4.98 Å². The number of nitrogens with zero attached hydrogens (tertiary/aromatic N) is 2. The minimum absolute atomic E-state index is 0.754. The molecular formula is C10H10N2S2. The lowest BCUT2D eigenvalue weighted by Crippen LogP contribution is -1.78. The summed E-state index contributed by atoms with van der Waals surface area (Å²) in [6.07, 6.45) is 3.60. The van der Waals surface area contributed by atoms with E-state index in [2.05, 4.69) is 22.6 Å². The molecule has 0 N–H and O–H groups in total. The second kappa shape index (κ2) is 4.11. The van der Waals surface area contributed by atoms with Gasteiger partial charge in [0.05, 0.1) is 5.69 Å². The molecule has 0 aliphatic carbocycles. The smallest absolute Gasteiger partial charge is 0.125 e. The summed E-state index contributed by atoms with van der Waals surface area (Å²) in [6.45, 7) is 2.02. The van der Waals surface area contributed by atoms with Crippen LogP contribution in [0, 0.1) is 6.92 Å². The molecule has 4 heteroatoms. The molecule has 0 aromatic carbocycles. The first-order valence-electron chi connectivity index (χ1n) is 4.29. The molecule has 0 saturated heterocycles. The fourth-order valence-electron chi connectivity index (χ4n) is 1.19. The topological polar surface area (TPSA) is 25.8 Å². The quantitative estimate of drug-likeness (QED) is 0.791. The van der Waals surface area contributed by atoms with Crippen molar-refractivity contribution in [1.82, 2.24) is 9.97 Å². The fourth-order valence-corrected chi connectivity index (χ4v) is 2.52. The minimum atomic E-state index is 0.754. The SMILES string of the molecule is Cc1nc(-c2cccnc2)sc1CS. The van der Waals surface area contributed by atoms with Gasteiger partial charge in [0.1, 0.15) is 5.01 Å². The zero-order chi connectivity index (χ0) is 9.97. The van der Waals surface area contributed by atoms with Crippen LogP contribution in [0.2, 0.25) is 0 Å². The van der Waals surface area contributed by atoms with E-state index in [0.29, 0.717) is 0 Å². The van der Waals surface area contributed by atoms with Crippen LogP contribution < -0.4 is 0 Å². The molecule has 2 aromatic rings. The molecule has 2 aromatic heterocycles. The summed E-state index contributed by atoms with van der Waals surface area (Å²) in [5, 5.41) is 1.03. The van der Waals surface area contributed by atoms with Gasteiger partial charge in [-0.3, -0.25) is 4.98 Å². The van der Waals surface area contributed by atoms with Gasteiger partial charge in [-0.05, 0) is 19.1 Å². The van der Waals surface area contributed by atoms with Crippen LogP contribution in [0.15, 0.2) is 24.5 Å². The van der Waals surface area contributed by atoms with E-state index >= 15 is 0 Å². The van der Waals surface area contributed by atoms with Crippen LogP contribution >= 0.6 is 24.0 Å². The Balaban J connectivity index is 2.43. The third-order valence-corrected chi connectivity index (χ3v) is 3.68. The highest BCUT2D eigenvalue weighted by atomic mass is 32.1. The van der Waals surface area contributed by atoms with Crippen LogP contribution in [0.25, 0.3) is 10.6 Å². The Morgan fingerprint density at radius 1 is 1.50 bits per heavy atom. The molecule has 0 atom stereocenters. The Morgan fingerprint density at radius 3 is 2.93 bits per heavy atom. The van der Waals surface area contributed by atoms with Crippen molar-refractivity contribution in [3.63, 3.8) is 0 Å². The van der Waals surface area contributed by atoms with Crippen molar-refractivity contribution in [2.75, 3.05) is 0 Å². The molecule has 2 rings (SSSR count). The van der Waals surface area contributed by atoms with Gasteiger partial charge in [-0.15, -0.1) is 11.3 Å². The number of aryl methyl sites for hydroxylation is 1. The average molecular weight is 222 g/mol. The van der Waals surface area contributed by atoms with Gasteiger partial charge in [0.2, 0.25) is 0 Å². The molecule has 0 spiro atoms. The third-order valence-electron chi connectivity index (χ3n) is 1.94. The summed E-state index contributed by atoms with van der Waals surface area (Å²) in [7, 11) is 0. The van der Waals surface area contributed by atoms with E-state index in [1.54, 1.807) is 17.5 Å². The number of thiol groups is 1. The van der Waals surface area contributed by atoms with Crippen molar-refractivity contribution in [3.05, 3.63) is 35.1 Å². The highest BCUT2D eigenvalue weighted by Gasteiger charge is 2.07. The molecule has 0 radical (unpaired) electrons. The van der Waals surface area contributed by atoms with E-state index in [1.165, 1.54) is 4.88 Å². The van der Waals surface area contributed by atoms with E-state index in [0.717, 1.165) is 22.0 Å².